The maximum Gasteiger partial charge on any atom is 0.238 e. The molecule has 2 aromatic rings. The van der Waals surface area contributed by atoms with Gasteiger partial charge in [0.1, 0.15) is 11.6 Å². The van der Waals surface area contributed by atoms with Gasteiger partial charge in [-0.15, -0.1) is 0 Å². The van der Waals surface area contributed by atoms with Gasteiger partial charge in [0.05, 0.1) is 23.2 Å². The first kappa shape index (κ1) is 22.9. The van der Waals surface area contributed by atoms with E-state index in [1.807, 2.05) is 6.07 Å². The van der Waals surface area contributed by atoms with Crippen LogP contribution in [0.25, 0.3) is 0 Å². The molecule has 5 N–H and O–H groups in total. The summed E-state index contributed by atoms with van der Waals surface area (Å²) in [6, 6.07) is 5.73. The number of halogens is 1. The molecular weight excluding hydrogens is 437 g/mol. The number of rotatable bonds is 5. The largest absolute Gasteiger partial charge is 0.374 e. The zero-order chi connectivity index (χ0) is 23.5. The fraction of sp³-hybridized carbons (Fsp3) is 0.250. The number of hydrogen-bond donors (Lipinski definition) is 4. The molecule has 1 aromatic heterocycles. The summed E-state index contributed by atoms with van der Waals surface area (Å²) in [7, 11) is -3.94. The van der Waals surface area contributed by atoms with Gasteiger partial charge in [-0.3, -0.25) is 0 Å². The van der Waals surface area contributed by atoms with E-state index in [0.717, 1.165) is 11.8 Å². The number of primary sulfonamides is 1. The predicted molar refractivity (Wildman–Crippen MR) is 115 cm³/mol. The lowest BCUT2D eigenvalue weighted by Gasteiger charge is -2.33. The third-order valence-electron chi connectivity index (χ3n) is 5.03. The predicted octanol–water partition coefficient (Wildman–Crippen LogP) is 1.50. The normalized spacial score (nSPS) is 19.6. The van der Waals surface area contributed by atoms with Crippen molar-refractivity contribution >= 4 is 33.4 Å². The molecule has 2 atom stereocenters. The van der Waals surface area contributed by atoms with Crippen LogP contribution in [0.2, 0.25) is 0 Å². The Balaban J connectivity index is 1.90. The second kappa shape index (κ2) is 9.15. The number of nitrogens with zero attached hydrogens (tertiary/aromatic N) is 3. The minimum atomic E-state index is -3.94. The van der Waals surface area contributed by atoms with E-state index in [1.54, 1.807) is 31.9 Å². The van der Waals surface area contributed by atoms with Crippen molar-refractivity contribution in [1.29, 1.82) is 5.26 Å². The van der Waals surface area contributed by atoms with E-state index in [2.05, 4.69) is 25.9 Å². The van der Waals surface area contributed by atoms with E-state index in [1.165, 1.54) is 12.1 Å². The molecule has 3 rings (SSSR count). The van der Waals surface area contributed by atoms with E-state index in [9.17, 15) is 17.6 Å². The van der Waals surface area contributed by atoms with Gasteiger partial charge in [-0.05, 0) is 30.2 Å². The number of nitriles is 1. The molecular formula is C20H20FN7O3S. The zero-order valence-corrected chi connectivity index (χ0v) is 18.0. The van der Waals surface area contributed by atoms with Crippen molar-refractivity contribution in [3.8, 4) is 6.07 Å². The highest BCUT2D eigenvalue weighted by molar-refractivity contribution is 7.89. The van der Waals surface area contributed by atoms with Gasteiger partial charge in [0.2, 0.25) is 16.0 Å². The molecule has 0 amide bonds. The molecule has 2 heterocycles. The molecule has 0 radical (unpaired) electrons. The van der Waals surface area contributed by atoms with Crippen LogP contribution < -0.4 is 21.1 Å². The highest BCUT2D eigenvalue weighted by Crippen LogP contribution is 2.27. The Morgan fingerprint density at radius 3 is 2.81 bits per heavy atom. The molecule has 166 valence electrons. The molecule has 2 unspecified atom stereocenters. The first-order valence-corrected chi connectivity index (χ1v) is 11.0. The maximum atomic E-state index is 14.4. The maximum absolute atomic E-state index is 14.4. The van der Waals surface area contributed by atoms with Crippen LogP contribution in [-0.4, -0.2) is 36.9 Å². The second-order valence-corrected chi connectivity index (χ2v) is 8.70. The molecule has 0 aliphatic carbocycles. The smallest absolute Gasteiger partial charge is 0.238 e. The summed E-state index contributed by atoms with van der Waals surface area (Å²) in [6.45, 7) is 3.70. The van der Waals surface area contributed by atoms with E-state index in [4.69, 9.17) is 10.4 Å². The molecule has 0 bridgehead atoms. The molecule has 10 nitrogen and oxygen atoms in total. The molecule has 32 heavy (non-hydrogen) atoms. The Morgan fingerprint density at radius 1 is 1.41 bits per heavy atom. The molecule has 1 aliphatic heterocycles. The number of nitrogens with two attached hydrogens (primary N) is 1. The number of sulfonamides is 1. The quantitative estimate of drug-likeness (QED) is 0.385. The van der Waals surface area contributed by atoms with Crippen molar-refractivity contribution in [1.82, 2.24) is 15.3 Å². The van der Waals surface area contributed by atoms with E-state index in [-0.39, 0.29) is 28.3 Å². The fourth-order valence-corrected chi connectivity index (χ4v) is 4.09. The zero-order valence-electron chi connectivity index (χ0n) is 17.2. The molecule has 0 saturated carbocycles. The van der Waals surface area contributed by atoms with Crippen molar-refractivity contribution in [2.24, 2.45) is 11.1 Å². The van der Waals surface area contributed by atoms with Crippen LogP contribution in [0.15, 0.2) is 46.6 Å². The first-order chi connectivity index (χ1) is 15.1. The number of benzene rings is 1. The minimum Gasteiger partial charge on any atom is -0.374 e. The van der Waals surface area contributed by atoms with Gasteiger partial charge in [-0.1, -0.05) is 13.0 Å². The van der Waals surface area contributed by atoms with Gasteiger partial charge in [0.25, 0.3) is 0 Å². The molecule has 0 spiro atoms. The summed E-state index contributed by atoms with van der Waals surface area (Å²) in [4.78, 5) is 19.3. The summed E-state index contributed by atoms with van der Waals surface area (Å²) in [6.07, 6.45) is 2.31. The summed E-state index contributed by atoms with van der Waals surface area (Å²) >= 11 is 0. The fourth-order valence-electron chi connectivity index (χ4n) is 3.28. The molecule has 1 saturated heterocycles. The first-order valence-electron chi connectivity index (χ1n) is 9.41. The third-order valence-corrected chi connectivity index (χ3v) is 6.08. The SMILES string of the molecule is Cc1ccc(Nc2ncc(F)c(NC3C(=C=O)NCC(=CC#N)C3C)n2)cc1S(N)(=O)=O. The summed E-state index contributed by atoms with van der Waals surface area (Å²) in [5, 5.41) is 22.7. The Hall–Kier alpha value is -3.78. The number of allylic oxidation sites excluding steroid dienone is 1. The Morgan fingerprint density at radius 2 is 2.16 bits per heavy atom. The number of hydrogen-bond acceptors (Lipinski definition) is 9. The summed E-state index contributed by atoms with van der Waals surface area (Å²) in [5.41, 5.74) is 1.70. The van der Waals surface area contributed by atoms with Gasteiger partial charge in [0.15, 0.2) is 11.6 Å². The number of aromatic nitrogens is 2. The molecule has 1 fully saturated rings. The molecule has 1 aromatic carbocycles. The molecule has 1 aliphatic rings. The van der Waals surface area contributed by atoms with Crippen molar-refractivity contribution in [2.75, 3.05) is 17.2 Å². The van der Waals surface area contributed by atoms with Crippen LogP contribution >= 0.6 is 0 Å². The van der Waals surface area contributed by atoms with E-state index in [0.29, 0.717) is 17.8 Å². The number of nitrogens with one attached hydrogen (secondary N) is 3. The average molecular weight is 457 g/mol. The van der Waals surface area contributed by atoms with Crippen molar-refractivity contribution in [2.45, 2.75) is 24.8 Å². The van der Waals surface area contributed by atoms with Gasteiger partial charge >= 0.3 is 0 Å². The Kier molecular flexibility index (Phi) is 6.55. The average Bonchev–Trinajstić information content (AvgIpc) is 2.74. The highest BCUT2D eigenvalue weighted by atomic mass is 32.2. The van der Waals surface area contributed by atoms with Crippen molar-refractivity contribution in [3.63, 3.8) is 0 Å². The van der Waals surface area contributed by atoms with Gasteiger partial charge < -0.3 is 16.0 Å². The van der Waals surface area contributed by atoms with Crippen LogP contribution in [0.4, 0.5) is 21.8 Å². The number of anilines is 3. The highest BCUT2D eigenvalue weighted by Gasteiger charge is 2.31. The molecule has 12 heteroatoms. The van der Waals surface area contributed by atoms with Crippen LogP contribution in [-0.2, 0) is 14.8 Å². The Bertz CT molecular complexity index is 1280. The monoisotopic (exact) mass is 457 g/mol. The van der Waals surface area contributed by atoms with E-state index < -0.39 is 21.9 Å². The van der Waals surface area contributed by atoms with Crippen molar-refractivity contribution < 1.29 is 17.6 Å². The summed E-state index contributed by atoms with van der Waals surface area (Å²) < 4.78 is 37.9. The second-order valence-electron chi connectivity index (χ2n) is 7.17. The topological polar surface area (TPSA) is 163 Å². The van der Waals surface area contributed by atoms with Crippen LogP contribution in [0, 0.1) is 30.0 Å². The lowest BCUT2D eigenvalue weighted by Crippen LogP contribution is -2.44. The number of carbonyl (C=O) groups excluding carboxylic acids is 1. The number of aryl methyl sites for hydroxylation is 1. The Labute approximate surface area is 184 Å². The van der Waals surface area contributed by atoms with Gasteiger partial charge in [0, 0.05) is 24.2 Å². The lowest BCUT2D eigenvalue weighted by atomic mass is 9.87. The standard InChI is InChI=1S/C20H20FN7O3S/c1-11-3-4-14(7-17(11)32(23,30)31)26-20-25-9-15(21)19(28-20)27-18-12(2)13(5-6-22)8-24-16(18)10-29/h3-5,7,9,12,18,24H,8H2,1-2H3,(H2,23,30,31)(H2,25,26,27,28). The summed E-state index contributed by atoms with van der Waals surface area (Å²) in [5.74, 6) is 0.518. The number of piperidine rings is 1. The third kappa shape index (κ3) is 4.92. The van der Waals surface area contributed by atoms with Crippen molar-refractivity contribution in [3.05, 3.63) is 53.1 Å². The van der Waals surface area contributed by atoms with Gasteiger partial charge in [-0.2, -0.15) is 10.2 Å². The van der Waals surface area contributed by atoms with Crippen LogP contribution in [0.1, 0.15) is 12.5 Å². The van der Waals surface area contributed by atoms with Crippen LogP contribution in [0.3, 0.4) is 0 Å². The minimum absolute atomic E-state index is 0.0148. The van der Waals surface area contributed by atoms with Gasteiger partial charge in [-0.25, -0.2) is 27.7 Å². The van der Waals surface area contributed by atoms with Crippen LogP contribution in [0.5, 0.6) is 0 Å². The lowest BCUT2D eigenvalue weighted by molar-refractivity contribution is 0.499. The van der Waals surface area contributed by atoms with E-state index >= 15 is 0 Å².